The number of thiophene rings is 1. The molecule has 1 saturated carbocycles. The van der Waals surface area contributed by atoms with Crippen molar-refractivity contribution >= 4 is 29.3 Å². The fourth-order valence-corrected chi connectivity index (χ4v) is 5.36. The lowest BCUT2D eigenvalue weighted by molar-refractivity contribution is -0.139. The summed E-state index contributed by atoms with van der Waals surface area (Å²) in [6.45, 7) is 0.422. The Morgan fingerprint density at radius 2 is 1.68 bits per heavy atom. The Hall–Kier alpha value is -3.65. The number of carboxylic acid groups (broad SMARTS) is 1. The summed E-state index contributed by atoms with van der Waals surface area (Å²) in [6.07, 6.45) is -0.121. The van der Waals surface area contributed by atoms with Crippen molar-refractivity contribution in [2.24, 2.45) is 11.8 Å². The van der Waals surface area contributed by atoms with Crippen LogP contribution >= 0.6 is 11.3 Å². The molecule has 0 aliphatic heterocycles. The third kappa shape index (κ3) is 4.41. The van der Waals surface area contributed by atoms with Gasteiger partial charge < -0.3 is 20.5 Å². The highest BCUT2D eigenvalue weighted by Crippen LogP contribution is 2.44. The molecule has 34 heavy (non-hydrogen) atoms. The number of ether oxygens (including phenoxy) is 1. The van der Waals surface area contributed by atoms with Crippen molar-refractivity contribution < 1.29 is 24.2 Å². The molecule has 5 rings (SSSR count). The molecule has 1 unspecified atom stereocenters. The normalized spacial score (nSPS) is 18.9. The van der Waals surface area contributed by atoms with Crippen LogP contribution in [0.1, 0.15) is 34.4 Å². The van der Waals surface area contributed by atoms with E-state index in [9.17, 15) is 14.4 Å². The lowest BCUT2D eigenvalue weighted by Gasteiger charge is -2.19. The number of amides is 2. The van der Waals surface area contributed by atoms with E-state index in [0.29, 0.717) is 11.3 Å². The molecule has 8 heteroatoms. The Balaban J connectivity index is 1.23. The number of hydrogen-bond acceptors (Lipinski definition) is 5. The Morgan fingerprint density at radius 1 is 1.00 bits per heavy atom. The lowest BCUT2D eigenvalue weighted by atomic mass is 9.98. The van der Waals surface area contributed by atoms with E-state index in [1.54, 1.807) is 12.1 Å². The van der Waals surface area contributed by atoms with E-state index in [-0.39, 0.29) is 30.9 Å². The zero-order valence-electron chi connectivity index (χ0n) is 18.3. The molecule has 0 radical (unpaired) electrons. The summed E-state index contributed by atoms with van der Waals surface area (Å²) in [5.41, 5.74) is 4.51. The number of alkyl carbamates (subject to hydrolysis) is 1. The number of fused-ring (bicyclic) bond motifs is 3. The van der Waals surface area contributed by atoms with Crippen molar-refractivity contribution in [2.75, 3.05) is 13.2 Å². The van der Waals surface area contributed by atoms with Crippen molar-refractivity contribution in [3.8, 4) is 11.1 Å². The maximum atomic E-state index is 12.9. The van der Waals surface area contributed by atoms with Crippen LogP contribution in [0.2, 0.25) is 0 Å². The van der Waals surface area contributed by atoms with Crippen LogP contribution in [-0.2, 0) is 14.3 Å². The van der Waals surface area contributed by atoms with Gasteiger partial charge in [-0.3, -0.25) is 9.59 Å². The topological polar surface area (TPSA) is 105 Å². The van der Waals surface area contributed by atoms with Gasteiger partial charge in [0.25, 0.3) is 0 Å². The summed E-state index contributed by atoms with van der Waals surface area (Å²) < 4.78 is 5.60. The molecule has 3 N–H and O–H groups in total. The third-order valence-corrected chi connectivity index (χ3v) is 7.41. The highest BCUT2D eigenvalue weighted by atomic mass is 32.1. The van der Waals surface area contributed by atoms with Gasteiger partial charge in [0.15, 0.2) is 0 Å². The molecule has 0 spiro atoms. The second kappa shape index (κ2) is 9.30. The van der Waals surface area contributed by atoms with Gasteiger partial charge in [0, 0.05) is 17.3 Å². The van der Waals surface area contributed by atoms with Gasteiger partial charge in [0.2, 0.25) is 5.91 Å². The van der Waals surface area contributed by atoms with Gasteiger partial charge in [-0.1, -0.05) is 54.6 Å². The van der Waals surface area contributed by atoms with E-state index < -0.39 is 24.0 Å². The van der Waals surface area contributed by atoms with E-state index in [1.807, 2.05) is 41.8 Å². The summed E-state index contributed by atoms with van der Waals surface area (Å²) in [5.74, 6) is -1.77. The monoisotopic (exact) mass is 476 g/mol. The Labute approximate surface area is 200 Å². The van der Waals surface area contributed by atoms with Gasteiger partial charge in [-0.2, -0.15) is 0 Å². The van der Waals surface area contributed by atoms with Crippen molar-refractivity contribution in [3.05, 3.63) is 82.0 Å². The molecular formula is C26H24N2O5S. The van der Waals surface area contributed by atoms with Gasteiger partial charge in [0.05, 0.1) is 5.92 Å². The first kappa shape index (κ1) is 22.2. The molecule has 174 valence electrons. The van der Waals surface area contributed by atoms with Crippen molar-refractivity contribution in [3.63, 3.8) is 0 Å². The number of aliphatic carboxylic acids is 1. The maximum absolute atomic E-state index is 12.9. The number of carbonyl (C=O) groups is 3. The Morgan fingerprint density at radius 3 is 2.26 bits per heavy atom. The van der Waals surface area contributed by atoms with Crippen LogP contribution < -0.4 is 10.6 Å². The molecule has 1 aromatic heterocycles. The predicted molar refractivity (Wildman–Crippen MR) is 128 cm³/mol. The summed E-state index contributed by atoms with van der Waals surface area (Å²) in [5, 5.41) is 16.4. The van der Waals surface area contributed by atoms with Gasteiger partial charge in [-0.05, 0) is 46.0 Å². The zero-order chi connectivity index (χ0) is 23.7. The molecule has 7 nitrogen and oxygen atoms in total. The highest BCUT2D eigenvalue weighted by molar-refractivity contribution is 7.10. The van der Waals surface area contributed by atoms with Crippen LogP contribution in [0.3, 0.4) is 0 Å². The summed E-state index contributed by atoms with van der Waals surface area (Å²) in [7, 11) is 0. The largest absolute Gasteiger partial charge is 0.481 e. The second-order valence-corrected chi connectivity index (χ2v) is 9.58. The van der Waals surface area contributed by atoms with Crippen molar-refractivity contribution in [1.82, 2.24) is 10.6 Å². The SMILES string of the molecule is O=C(NC(C(=O)NC[C@@H]1C[C@@H]1C(=O)O)c1cccs1)OCC1c2ccccc2-c2ccccc21. The molecule has 0 bridgehead atoms. The molecule has 2 amide bonds. The molecule has 1 heterocycles. The minimum Gasteiger partial charge on any atom is -0.481 e. The Bertz CT molecular complexity index is 1180. The maximum Gasteiger partial charge on any atom is 0.408 e. The van der Waals surface area contributed by atoms with E-state index in [2.05, 4.69) is 22.8 Å². The first-order valence-corrected chi connectivity index (χ1v) is 12.1. The van der Waals surface area contributed by atoms with E-state index in [0.717, 1.165) is 22.3 Å². The molecule has 2 aliphatic rings. The molecule has 2 aromatic carbocycles. The second-order valence-electron chi connectivity index (χ2n) is 8.60. The molecule has 2 aliphatic carbocycles. The van der Waals surface area contributed by atoms with Crippen LogP contribution in [0.4, 0.5) is 4.79 Å². The average molecular weight is 477 g/mol. The quantitative estimate of drug-likeness (QED) is 0.453. The number of carbonyl (C=O) groups excluding carboxylic acids is 2. The summed E-state index contributed by atoms with van der Waals surface area (Å²) in [6, 6.07) is 18.9. The molecule has 1 fully saturated rings. The number of rotatable bonds is 8. The standard InChI is InChI=1S/C26H24N2O5S/c29-24(27-13-15-12-20(15)25(30)31)23(22-10-5-11-34-22)28-26(32)33-14-21-18-8-3-1-6-16(18)17-7-2-4-9-19(17)21/h1-11,15,20-21,23H,12-14H2,(H,27,29)(H,28,32)(H,30,31)/t15-,20-,23?/m0/s1. The first-order chi connectivity index (χ1) is 16.5. The number of hydrogen-bond donors (Lipinski definition) is 3. The van der Waals surface area contributed by atoms with Gasteiger partial charge in [-0.15, -0.1) is 11.3 Å². The predicted octanol–water partition coefficient (Wildman–Crippen LogP) is 4.16. The minimum atomic E-state index is -0.905. The van der Waals surface area contributed by atoms with Crippen LogP contribution in [0.15, 0.2) is 66.0 Å². The summed E-state index contributed by atoms with van der Waals surface area (Å²) >= 11 is 1.36. The highest BCUT2D eigenvalue weighted by Gasteiger charge is 2.43. The molecular weight excluding hydrogens is 452 g/mol. The van der Waals surface area contributed by atoms with Gasteiger partial charge in [-0.25, -0.2) is 4.79 Å². The third-order valence-electron chi connectivity index (χ3n) is 6.47. The number of nitrogens with one attached hydrogen (secondary N) is 2. The van der Waals surface area contributed by atoms with Crippen LogP contribution in [0.25, 0.3) is 11.1 Å². The average Bonchev–Trinajstić information content (AvgIpc) is 3.29. The Kier molecular flexibility index (Phi) is 6.06. The van der Waals surface area contributed by atoms with Crippen LogP contribution in [-0.4, -0.2) is 36.2 Å². The molecule has 0 saturated heterocycles. The minimum absolute atomic E-state index is 0.0695. The molecule has 3 aromatic rings. The van der Waals surface area contributed by atoms with E-state index in [1.165, 1.54) is 11.3 Å². The fraction of sp³-hybridized carbons (Fsp3) is 0.269. The lowest BCUT2D eigenvalue weighted by Crippen LogP contribution is -2.41. The summed E-state index contributed by atoms with van der Waals surface area (Å²) in [4.78, 5) is 37.3. The van der Waals surface area contributed by atoms with Crippen molar-refractivity contribution in [2.45, 2.75) is 18.4 Å². The zero-order valence-corrected chi connectivity index (χ0v) is 19.1. The smallest absolute Gasteiger partial charge is 0.408 e. The van der Waals surface area contributed by atoms with Gasteiger partial charge in [0.1, 0.15) is 12.6 Å². The molecule has 3 atom stereocenters. The van der Waals surface area contributed by atoms with E-state index in [4.69, 9.17) is 9.84 Å². The van der Waals surface area contributed by atoms with Crippen LogP contribution in [0.5, 0.6) is 0 Å². The number of carboxylic acids is 1. The van der Waals surface area contributed by atoms with E-state index >= 15 is 0 Å². The first-order valence-electron chi connectivity index (χ1n) is 11.2. The number of benzene rings is 2. The van der Waals surface area contributed by atoms with Crippen LogP contribution in [0, 0.1) is 11.8 Å². The van der Waals surface area contributed by atoms with Crippen molar-refractivity contribution in [1.29, 1.82) is 0 Å². The van der Waals surface area contributed by atoms with Gasteiger partial charge >= 0.3 is 12.1 Å². The fourth-order valence-electron chi connectivity index (χ4n) is 4.59.